The van der Waals surface area contributed by atoms with Crippen molar-refractivity contribution in [3.63, 3.8) is 0 Å². The number of nitrogens with one attached hydrogen (secondary N) is 1. The van der Waals surface area contributed by atoms with E-state index in [-0.39, 0.29) is 5.69 Å². The minimum Gasteiger partial charge on any atom is -0.495 e. The maximum absolute atomic E-state index is 12.8. The summed E-state index contributed by atoms with van der Waals surface area (Å²) in [5.41, 5.74) is 2.57. The third kappa shape index (κ3) is 3.85. The molecular formula is C26H20N2O5. The van der Waals surface area contributed by atoms with Crippen molar-refractivity contribution >= 4 is 50.4 Å². The Morgan fingerprint density at radius 2 is 1.73 bits per heavy atom. The second-order valence-corrected chi connectivity index (χ2v) is 7.57. The zero-order chi connectivity index (χ0) is 22.9. The van der Waals surface area contributed by atoms with Crippen molar-refractivity contribution in [1.82, 2.24) is 4.98 Å². The highest BCUT2D eigenvalue weighted by atomic mass is 16.5. The molecule has 2 aromatic heterocycles. The number of benzene rings is 3. The van der Waals surface area contributed by atoms with Crippen molar-refractivity contribution in [3.05, 3.63) is 78.5 Å². The molecule has 5 rings (SSSR count). The fraction of sp³-hybridized carbons (Fsp3) is 0.115. The molecule has 0 spiro atoms. The average Bonchev–Trinajstić information content (AvgIpc) is 3.20. The molecule has 7 nitrogen and oxygen atoms in total. The quantitative estimate of drug-likeness (QED) is 0.372. The summed E-state index contributed by atoms with van der Waals surface area (Å²) >= 11 is 0. The van der Waals surface area contributed by atoms with Crippen LogP contribution in [0.2, 0.25) is 0 Å². The van der Waals surface area contributed by atoms with Crippen LogP contribution >= 0.6 is 0 Å². The molecule has 0 saturated heterocycles. The molecule has 3 aromatic carbocycles. The van der Waals surface area contributed by atoms with E-state index in [4.69, 9.17) is 13.9 Å². The highest BCUT2D eigenvalue weighted by Crippen LogP contribution is 2.36. The minimum absolute atomic E-state index is 0.134. The Balaban J connectivity index is 1.35. The van der Waals surface area contributed by atoms with Crippen molar-refractivity contribution in [2.75, 3.05) is 12.4 Å². The predicted octanol–water partition coefficient (Wildman–Crippen LogP) is 5.33. The number of nitrogens with zero attached hydrogens (tertiary/aromatic N) is 1. The molecule has 7 heteroatoms. The maximum Gasteiger partial charge on any atom is 0.357 e. The molecule has 0 radical (unpaired) electrons. The fourth-order valence-corrected chi connectivity index (χ4v) is 3.71. The Hall–Kier alpha value is -4.39. The number of hydrogen-bond acceptors (Lipinski definition) is 6. The first kappa shape index (κ1) is 20.5. The molecule has 1 N–H and O–H groups in total. The summed E-state index contributed by atoms with van der Waals surface area (Å²) in [6.45, 7) is 1.50. The van der Waals surface area contributed by atoms with Gasteiger partial charge in [-0.3, -0.25) is 4.79 Å². The summed E-state index contributed by atoms with van der Waals surface area (Å²) in [5, 5.41) is 5.50. The molecule has 0 aliphatic rings. The van der Waals surface area contributed by atoms with E-state index in [2.05, 4.69) is 10.3 Å². The zero-order valence-corrected chi connectivity index (χ0v) is 18.0. The lowest BCUT2D eigenvalue weighted by Gasteiger charge is -2.15. The molecule has 5 aromatic rings. The minimum atomic E-state index is -1.05. The van der Waals surface area contributed by atoms with Crippen LogP contribution in [-0.2, 0) is 9.53 Å². The molecule has 33 heavy (non-hydrogen) atoms. The Labute approximate surface area is 188 Å². The molecule has 1 atom stereocenters. The molecule has 0 fully saturated rings. The summed E-state index contributed by atoms with van der Waals surface area (Å²) < 4.78 is 16.7. The number of pyridine rings is 1. The number of carbonyl (C=O) groups excluding carboxylic acids is 2. The molecule has 2 heterocycles. The van der Waals surface area contributed by atoms with Gasteiger partial charge in [-0.05, 0) is 31.2 Å². The summed E-state index contributed by atoms with van der Waals surface area (Å²) in [6.07, 6.45) is -1.05. The van der Waals surface area contributed by atoms with Crippen molar-refractivity contribution < 1.29 is 23.5 Å². The lowest BCUT2D eigenvalue weighted by atomic mass is 10.1. The van der Waals surface area contributed by atoms with Crippen LogP contribution in [0.3, 0.4) is 0 Å². The number of fused-ring (bicyclic) bond motifs is 4. The average molecular weight is 440 g/mol. The number of hydrogen-bond donors (Lipinski definition) is 1. The van der Waals surface area contributed by atoms with Crippen LogP contribution in [-0.4, -0.2) is 30.1 Å². The molecule has 1 unspecified atom stereocenters. The maximum atomic E-state index is 12.8. The van der Waals surface area contributed by atoms with Gasteiger partial charge in [0.15, 0.2) is 6.10 Å². The number of methoxy groups -OCH3 is 1. The van der Waals surface area contributed by atoms with Crippen molar-refractivity contribution in [2.45, 2.75) is 13.0 Å². The molecule has 0 saturated carbocycles. The van der Waals surface area contributed by atoms with Gasteiger partial charge in [0.1, 0.15) is 22.6 Å². The molecule has 0 bridgehead atoms. The monoisotopic (exact) mass is 440 g/mol. The Morgan fingerprint density at radius 3 is 2.58 bits per heavy atom. The molecular weight excluding hydrogens is 420 g/mol. The largest absolute Gasteiger partial charge is 0.495 e. The van der Waals surface area contributed by atoms with Gasteiger partial charge in [-0.1, -0.05) is 42.5 Å². The molecule has 0 aliphatic carbocycles. The fourth-order valence-electron chi connectivity index (χ4n) is 3.71. The van der Waals surface area contributed by atoms with Crippen LogP contribution in [0.5, 0.6) is 5.75 Å². The first-order valence-electron chi connectivity index (χ1n) is 10.4. The van der Waals surface area contributed by atoms with E-state index in [9.17, 15) is 9.59 Å². The summed E-state index contributed by atoms with van der Waals surface area (Å²) in [7, 11) is 1.52. The number of carbonyl (C=O) groups is 2. The first-order chi connectivity index (χ1) is 16.0. The van der Waals surface area contributed by atoms with Crippen LogP contribution in [0.1, 0.15) is 17.4 Å². The van der Waals surface area contributed by atoms with Crippen LogP contribution in [0, 0.1) is 0 Å². The highest BCUT2D eigenvalue weighted by Gasteiger charge is 2.22. The number of amides is 1. The van der Waals surface area contributed by atoms with E-state index < -0.39 is 18.0 Å². The van der Waals surface area contributed by atoms with Crippen molar-refractivity contribution in [3.8, 4) is 5.75 Å². The van der Waals surface area contributed by atoms with E-state index in [1.807, 2.05) is 54.6 Å². The van der Waals surface area contributed by atoms with Crippen LogP contribution < -0.4 is 10.1 Å². The van der Waals surface area contributed by atoms with Crippen molar-refractivity contribution in [2.24, 2.45) is 0 Å². The van der Waals surface area contributed by atoms with Gasteiger partial charge < -0.3 is 19.2 Å². The third-order valence-electron chi connectivity index (χ3n) is 5.42. The Morgan fingerprint density at radius 1 is 0.939 bits per heavy atom. The van der Waals surface area contributed by atoms with E-state index in [1.165, 1.54) is 14.0 Å². The van der Waals surface area contributed by atoms with Gasteiger partial charge in [-0.2, -0.15) is 0 Å². The van der Waals surface area contributed by atoms with Gasteiger partial charge in [-0.15, -0.1) is 0 Å². The lowest BCUT2D eigenvalue weighted by molar-refractivity contribution is -0.123. The summed E-state index contributed by atoms with van der Waals surface area (Å²) in [6, 6.07) is 22.0. The smallest absolute Gasteiger partial charge is 0.357 e. The van der Waals surface area contributed by atoms with Gasteiger partial charge >= 0.3 is 5.97 Å². The number of anilines is 1. The van der Waals surface area contributed by atoms with Crippen LogP contribution in [0.25, 0.3) is 32.8 Å². The van der Waals surface area contributed by atoms with Crippen LogP contribution in [0.15, 0.2) is 77.2 Å². The zero-order valence-electron chi connectivity index (χ0n) is 18.0. The van der Waals surface area contributed by atoms with E-state index in [0.717, 1.165) is 21.7 Å². The standard InChI is InChI=1S/C26H20N2O5/c1-15(32-26(30)20-12-11-16-7-3-5-9-19(16)27-20)25(29)28-21-14-23-18(13-24(21)31-2)17-8-4-6-10-22(17)33-23/h3-15H,1-2H3,(H,28,29). The van der Waals surface area contributed by atoms with E-state index in [1.54, 1.807) is 18.2 Å². The number of ether oxygens (including phenoxy) is 2. The summed E-state index contributed by atoms with van der Waals surface area (Å²) in [5.74, 6) is -0.710. The molecule has 1 amide bonds. The van der Waals surface area contributed by atoms with Gasteiger partial charge in [0, 0.05) is 22.2 Å². The van der Waals surface area contributed by atoms with Gasteiger partial charge in [0.05, 0.1) is 18.3 Å². The Bertz CT molecular complexity index is 1520. The predicted molar refractivity (Wildman–Crippen MR) is 126 cm³/mol. The Kier molecular flexibility index (Phi) is 5.14. The topological polar surface area (TPSA) is 90.7 Å². The normalized spacial score (nSPS) is 12.1. The van der Waals surface area contributed by atoms with Crippen LogP contribution in [0.4, 0.5) is 5.69 Å². The first-order valence-corrected chi connectivity index (χ1v) is 10.4. The number of furan rings is 1. The second kappa shape index (κ2) is 8.27. The number of para-hydroxylation sites is 2. The molecule has 0 aliphatic heterocycles. The SMILES string of the molecule is COc1cc2c(cc1NC(=O)C(C)OC(=O)c1ccc3ccccc3n1)oc1ccccc12. The van der Waals surface area contributed by atoms with E-state index in [0.29, 0.717) is 22.5 Å². The van der Waals surface area contributed by atoms with Gasteiger partial charge in [0.2, 0.25) is 0 Å². The summed E-state index contributed by atoms with van der Waals surface area (Å²) in [4.78, 5) is 29.6. The highest BCUT2D eigenvalue weighted by molar-refractivity contribution is 6.08. The van der Waals surface area contributed by atoms with Gasteiger partial charge in [0.25, 0.3) is 5.91 Å². The van der Waals surface area contributed by atoms with Crippen molar-refractivity contribution in [1.29, 1.82) is 0 Å². The number of esters is 1. The number of rotatable bonds is 5. The van der Waals surface area contributed by atoms with Gasteiger partial charge in [-0.25, -0.2) is 9.78 Å². The van der Waals surface area contributed by atoms with E-state index >= 15 is 0 Å². The lowest BCUT2D eigenvalue weighted by Crippen LogP contribution is -2.30. The molecule has 164 valence electrons. The number of aromatic nitrogens is 1. The second-order valence-electron chi connectivity index (χ2n) is 7.57. The third-order valence-corrected chi connectivity index (χ3v) is 5.42.